The van der Waals surface area contributed by atoms with Crippen molar-refractivity contribution in [2.75, 3.05) is 0 Å². The van der Waals surface area contributed by atoms with Gasteiger partial charge in [-0.3, -0.25) is 0 Å². The summed E-state index contributed by atoms with van der Waals surface area (Å²) in [6.07, 6.45) is 0. The second-order valence-electron chi connectivity index (χ2n) is 16.6. The molecule has 0 aliphatic carbocycles. The number of hydrogen-bond acceptors (Lipinski definition) is 3. The highest BCUT2D eigenvalue weighted by molar-refractivity contribution is 6.14. The van der Waals surface area contributed by atoms with Crippen LogP contribution in [-0.4, -0.2) is 14.5 Å². The van der Waals surface area contributed by atoms with Gasteiger partial charge in [0.2, 0.25) is 0 Å². The van der Waals surface area contributed by atoms with Gasteiger partial charge in [0.15, 0.2) is 5.82 Å². The van der Waals surface area contributed by atoms with Crippen LogP contribution in [0.5, 0.6) is 0 Å². The Morgan fingerprint density at radius 1 is 0.328 bits per heavy atom. The quantitative estimate of drug-likeness (QED) is 0.168. The molecule has 4 nitrogen and oxygen atoms in total. The van der Waals surface area contributed by atoms with E-state index in [2.05, 4.69) is 229 Å². The van der Waals surface area contributed by atoms with E-state index in [0.717, 1.165) is 72.1 Å². The summed E-state index contributed by atoms with van der Waals surface area (Å²) < 4.78 is 9.23. The molecule has 10 aromatic carbocycles. The van der Waals surface area contributed by atoms with Crippen molar-refractivity contribution < 1.29 is 4.42 Å². The fourth-order valence-corrected chi connectivity index (χ4v) is 9.62. The predicted molar refractivity (Wildman–Crippen MR) is 266 cm³/mol. The second-order valence-corrected chi connectivity index (χ2v) is 16.6. The van der Waals surface area contributed by atoms with Crippen LogP contribution in [0.1, 0.15) is 0 Å². The average molecular weight is 816 g/mol. The zero-order valence-corrected chi connectivity index (χ0v) is 34.6. The summed E-state index contributed by atoms with van der Waals surface area (Å²) in [5, 5.41) is 9.15. The summed E-state index contributed by atoms with van der Waals surface area (Å²) in [7, 11) is 0. The van der Waals surface area contributed by atoms with Crippen LogP contribution in [-0.2, 0) is 0 Å². The van der Waals surface area contributed by atoms with Gasteiger partial charge in [0.1, 0.15) is 11.2 Å². The first-order chi connectivity index (χ1) is 31.7. The molecule has 0 aliphatic rings. The second kappa shape index (κ2) is 14.5. The number of furan rings is 1. The maximum absolute atomic E-state index is 6.83. The Morgan fingerprint density at radius 3 is 1.53 bits per heavy atom. The summed E-state index contributed by atoms with van der Waals surface area (Å²) in [5.74, 6) is 0.676. The molecule has 0 spiro atoms. The first-order valence-corrected chi connectivity index (χ1v) is 21.7. The van der Waals surface area contributed by atoms with E-state index in [1.807, 2.05) is 0 Å². The average Bonchev–Trinajstić information content (AvgIpc) is 3.91. The minimum Gasteiger partial charge on any atom is -0.456 e. The molecule has 3 aromatic heterocycles. The topological polar surface area (TPSA) is 43.9 Å². The lowest BCUT2D eigenvalue weighted by molar-refractivity contribution is 0.668. The highest BCUT2D eigenvalue weighted by Gasteiger charge is 2.20. The highest BCUT2D eigenvalue weighted by atomic mass is 16.3. The third-order valence-corrected chi connectivity index (χ3v) is 12.8. The summed E-state index contributed by atoms with van der Waals surface area (Å²) in [4.78, 5) is 10.6. The van der Waals surface area contributed by atoms with E-state index in [0.29, 0.717) is 5.82 Å². The van der Waals surface area contributed by atoms with Crippen molar-refractivity contribution in [2.24, 2.45) is 0 Å². The Morgan fingerprint density at radius 2 is 0.875 bits per heavy atom. The van der Waals surface area contributed by atoms with Gasteiger partial charge >= 0.3 is 0 Å². The Kier molecular flexibility index (Phi) is 8.18. The molecule has 13 aromatic rings. The third kappa shape index (κ3) is 5.99. The lowest BCUT2D eigenvalue weighted by Crippen LogP contribution is -1.96. The largest absolute Gasteiger partial charge is 0.456 e. The number of aromatic nitrogens is 3. The highest BCUT2D eigenvalue weighted by Crippen LogP contribution is 2.41. The minimum absolute atomic E-state index is 0.676. The summed E-state index contributed by atoms with van der Waals surface area (Å²) in [6, 6.07) is 79.9. The number of rotatable bonds is 6. The van der Waals surface area contributed by atoms with Crippen LogP contribution in [0.15, 0.2) is 229 Å². The fraction of sp³-hybridized carbons (Fsp3) is 0. The molecule has 3 heterocycles. The molecule has 0 saturated carbocycles. The van der Waals surface area contributed by atoms with E-state index < -0.39 is 0 Å². The lowest BCUT2D eigenvalue weighted by atomic mass is 10.00. The van der Waals surface area contributed by atoms with Crippen LogP contribution in [0.3, 0.4) is 0 Å². The number of benzene rings is 10. The van der Waals surface area contributed by atoms with Gasteiger partial charge < -0.3 is 8.98 Å². The van der Waals surface area contributed by atoms with Crippen molar-refractivity contribution in [1.82, 2.24) is 14.5 Å². The summed E-state index contributed by atoms with van der Waals surface area (Å²) in [6.45, 7) is 0. The van der Waals surface area contributed by atoms with Gasteiger partial charge in [0.05, 0.1) is 22.4 Å². The molecule has 0 amide bonds. The Hall–Kier alpha value is -8.60. The molecule has 0 radical (unpaired) electrons. The van der Waals surface area contributed by atoms with Crippen LogP contribution in [0.4, 0.5) is 0 Å². The molecule has 13 rings (SSSR count). The van der Waals surface area contributed by atoms with Crippen molar-refractivity contribution in [3.05, 3.63) is 224 Å². The normalized spacial score (nSPS) is 11.8. The van der Waals surface area contributed by atoms with E-state index in [1.54, 1.807) is 0 Å². The number of nitrogens with zero attached hydrogens (tertiary/aromatic N) is 3. The van der Waals surface area contributed by atoms with Crippen molar-refractivity contribution in [3.63, 3.8) is 0 Å². The van der Waals surface area contributed by atoms with Crippen LogP contribution in [0.25, 0.3) is 127 Å². The molecule has 0 bridgehead atoms. The van der Waals surface area contributed by atoms with Gasteiger partial charge in [0, 0.05) is 50.0 Å². The maximum atomic E-state index is 6.83. The monoisotopic (exact) mass is 815 g/mol. The summed E-state index contributed by atoms with van der Waals surface area (Å²) in [5.41, 5.74) is 14.3. The van der Waals surface area contributed by atoms with Crippen LogP contribution in [0, 0.1) is 0 Å². The van der Waals surface area contributed by atoms with E-state index in [9.17, 15) is 0 Å². The van der Waals surface area contributed by atoms with Gasteiger partial charge in [-0.2, -0.15) is 0 Å². The molecule has 0 saturated heterocycles. The smallest absolute Gasteiger partial charge is 0.160 e. The van der Waals surface area contributed by atoms with E-state index >= 15 is 0 Å². The molecular formula is C60H37N3O. The minimum atomic E-state index is 0.676. The van der Waals surface area contributed by atoms with Crippen LogP contribution < -0.4 is 0 Å². The SMILES string of the molecule is c1ccc(-c2ccc3c4ccc(-c5ccccc5)cc4n(-c4ccc5c(c4)oc4cccc(-c6cc(-c7ccc8ccccc8c7)nc(-c7ccc8ccccc8c7)n6)c45)c3c2)cc1. The van der Waals surface area contributed by atoms with Crippen LogP contribution >= 0.6 is 0 Å². The molecule has 0 atom stereocenters. The fourth-order valence-electron chi connectivity index (χ4n) is 9.62. The molecule has 64 heavy (non-hydrogen) atoms. The first-order valence-electron chi connectivity index (χ1n) is 21.7. The molecule has 4 heteroatoms. The predicted octanol–water partition coefficient (Wildman–Crippen LogP) is 16.1. The van der Waals surface area contributed by atoms with Crippen LogP contribution in [0.2, 0.25) is 0 Å². The lowest BCUT2D eigenvalue weighted by Gasteiger charge is -2.12. The van der Waals surface area contributed by atoms with Gasteiger partial charge in [-0.1, -0.05) is 170 Å². The number of hydrogen-bond donors (Lipinski definition) is 0. The molecule has 298 valence electrons. The molecule has 0 fully saturated rings. The van der Waals surface area contributed by atoms with E-state index in [4.69, 9.17) is 14.4 Å². The van der Waals surface area contributed by atoms with Gasteiger partial charge in [-0.25, -0.2) is 9.97 Å². The zero-order valence-electron chi connectivity index (χ0n) is 34.6. The van der Waals surface area contributed by atoms with Gasteiger partial charge in [0.25, 0.3) is 0 Å². The third-order valence-electron chi connectivity index (χ3n) is 12.8. The first kappa shape index (κ1) is 36.1. The summed E-state index contributed by atoms with van der Waals surface area (Å²) >= 11 is 0. The molecular weight excluding hydrogens is 779 g/mol. The van der Waals surface area contributed by atoms with Crippen molar-refractivity contribution in [1.29, 1.82) is 0 Å². The standard InChI is InChI=1S/C60H37N3O/c1-3-12-38(13-4-1)44-26-29-49-50-30-27-45(39-14-5-2-6-15-39)35-56(50)63(55(49)34-44)48-28-31-52-58(36-48)64-57-21-11-20-51(59(52)57)54-37-53(46-24-22-40-16-7-9-18-42(40)32-46)61-60(62-54)47-25-23-41-17-8-10-19-43(41)33-47/h1-37H. The molecule has 0 aliphatic heterocycles. The molecule has 0 unspecified atom stereocenters. The van der Waals surface area contributed by atoms with E-state index in [1.165, 1.54) is 49.2 Å². The van der Waals surface area contributed by atoms with E-state index in [-0.39, 0.29) is 0 Å². The van der Waals surface area contributed by atoms with Crippen molar-refractivity contribution in [2.45, 2.75) is 0 Å². The Bertz CT molecular complexity index is 3760. The maximum Gasteiger partial charge on any atom is 0.160 e. The van der Waals surface area contributed by atoms with Gasteiger partial charge in [-0.05, 0) is 92.3 Å². The zero-order chi connectivity index (χ0) is 42.1. The van der Waals surface area contributed by atoms with Crippen molar-refractivity contribution in [3.8, 4) is 61.8 Å². The molecule has 0 N–H and O–H groups in total. The van der Waals surface area contributed by atoms with Gasteiger partial charge in [-0.15, -0.1) is 0 Å². The van der Waals surface area contributed by atoms with Crippen molar-refractivity contribution >= 4 is 65.3 Å². The number of fused-ring (bicyclic) bond motifs is 8. The Balaban J connectivity index is 1.01. The Labute approximate surface area is 369 Å².